The van der Waals surface area contributed by atoms with Gasteiger partial charge in [0.25, 0.3) is 5.91 Å². The molecule has 4 nitrogen and oxygen atoms in total. The monoisotopic (exact) mass is 429 g/mol. The molecule has 1 aliphatic carbocycles. The second-order valence-corrected chi connectivity index (χ2v) is 9.61. The van der Waals surface area contributed by atoms with Crippen LogP contribution in [0.2, 0.25) is 0 Å². The normalized spacial score (nSPS) is 24.8. The summed E-state index contributed by atoms with van der Waals surface area (Å²) < 4.78 is 0. The molecule has 0 spiro atoms. The Balaban J connectivity index is 1.52. The van der Waals surface area contributed by atoms with Crippen LogP contribution in [0.4, 0.5) is 0 Å². The molecule has 2 aliphatic rings. The van der Waals surface area contributed by atoms with Crippen LogP contribution in [-0.2, 0) is 0 Å². The van der Waals surface area contributed by atoms with Crippen LogP contribution in [0.25, 0.3) is 21.9 Å². The Kier molecular flexibility index (Phi) is 5.52. The molecular formula is C28H31NO3. The van der Waals surface area contributed by atoms with Gasteiger partial charge < -0.3 is 15.1 Å². The number of aliphatic hydroxyl groups excluding tert-OH is 2. The lowest BCUT2D eigenvalue weighted by molar-refractivity contribution is 0.0760. The molecular weight excluding hydrogens is 398 g/mol. The van der Waals surface area contributed by atoms with E-state index in [4.69, 9.17) is 0 Å². The predicted octanol–water partition coefficient (Wildman–Crippen LogP) is 4.43. The summed E-state index contributed by atoms with van der Waals surface area (Å²) in [7, 11) is 0. The maximum Gasteiger partial charge on any atom is 0.254 e. The quantitative estimate of drug-likeness (QED) is 0.645. The number of amides is 1. The minimum Gasteiger partial charge on any atom is -0.396 e. The Morgan fingerprint density at radius 3 is 2.16 bits per heavy atom. The first kappa shape index (κ1) is 21.2. The van der Waals surface area contributed by atoms with E-state index in [1.54, 1.807) is 0 Å². The number of benzene rings is 3. The molecule has 1 saturated carbocycles. The van der Waals surface area contributed by atoms with E-state index < -0.39 is 0 Å². The maximum atomic E-state index is 13.7. The summed E-state index contributed by atoms with van der Waals surface area (Å²) in [5.41, 5.74) is 5.60. The van der Waals surface area contributed by atoms with E-state index in [2.05, 4.69) is 44.2 Å². The summed E-state index contributed by atoms with van der Waals surface area (Å²) in [6.45, 7) is 5.87. The van der Waals surface area contributed by atoms with E-state index in [0.29, 0.717) is 13.1 Å². The van der Waals surface area contributed by atoms with Crippen molar-refractivity contribution >= 4 is 16.7 Å². The van der Waals surface area contributed by atoms with Gasteiger partial charge in [-0.1, -0.05) is 48.5 Å². The lowest BCUT2D eigenvalue weighted by Gasteiger charge is -2.22. The van der Waals surface area contributed by atoms with Crippen molar-refractivity contribution in [3.8, 4) is 11.1 Å². The zero-order valence-electron chi connectivity index (χ0n) is 18.8. The van der Waals surface area contributed by atoms with E-state index in [-0.39, 0.29) is 42.8 Å². The average molecular weight is 430 g/mol. The van der Waals surface area contributed by atoms with Crippen molar-refractivity contribution < 1.29 is 15.0 Å². The highest BCUT2D eigenvalue weighted by atomic mass is 16.3. The van der Waals surface area contributed by atoms with Crippen molar-refractivity contribution in [1.82, 2.24) is 4.90 Å². The molecule has 3 aromatic rings. The first-order valence-electron chi connectivity index (χ1n) is 11.6. The molecule has 1 amide bonds. The van der Waals surface area contributed by atoms with Gasteiger partial charge in [0.1, 0.15) is 0 Å². The predicted molar refractivity (Wildman–Crippen MR) is 128 cm³/mol. The third-order valence-corrected chi connectivity index (χ3v) is 8.03. The third-order valence-electron chi connectivity index (χ3n) is 8.03. The maximum absolute atomic E-state index is 13.7. The Morgan fingerprint density at radius 1 is 0.844 bits per heavy atom. The SMILES string of the molecule is Cc1cccc(-c2ccc(C(=O)N3C[C@@H]4[C@H](CO)C[C@H](CO)[C@@H]4C3)c3ccccc23)c1C. The molecule has 2 fully saturated rings. The van der Waals surface area contributed by atoms with Gasteiger partial charge in [0, 0.05) is 31.9 Å². The van der Waals surface area contributed by atoms with Crippen molar-refractivity contribution in [2.75, 3.05) is 26.3 Å². The molecule has 2 N–H and O–H groups in total. The van der Waals surface area contributed by atoms with Crippen LogP contribution in [0.5, 0.6) is 0 Å². The number of fused-ring (bicyclic) bond motifs is 2. The van der Waals surface area contributed by atoms with E-state index in [1.807, 2.05) is 29.2 Å². The highest BCUT2D eigenvalue weighted by Gasteiger charge is 2.48. The summed E-state index contributed by atoms with van der Waals surface area (Å²) in [6, 6.07) is 18.6. The van der Waals surface area contributed by atoms with Gasteiger partial charge in [-0.25, -0.2) is 0 Å². The molecule has 0 unspecified atom stereocenters. The molecule has 0 radical (unpaired) electrons. The summed E-state index contributed by atoms with van der Waals surface area (Å²) >= 11 is 0. The van der Waals surface area contributed by atoms with E-state index in [1.165, 1.54) is 16.7 Å². The van der Waals surface area contributed by atoms with Crippen molar-refractivity contribution in [1.29, 1.82) is 0 Å². The molecule has 3 aromatic carbocycles. The second kappa shape index (κ2) is 8.34. The van der Waals surface area contributed by atoms with Gasteiger partial charge in [-0.05, 0) is 83.0 Å². The number of nitrogens with zero attached hydrogens (tertiary/aromatic N) is 1. The number of aliphatic hydroxyl groups is 2. The van der Waals surface area contributed by atoms with Crippen molar-refractivity contribution in [2.45, 2.75) is 20.3 Å². The summed E-state index contributed by atoms with van der Waals surface area (Å²) in [5, 5.41) is 21.7. The molecule has 32 heavy (non-hydrogen) atoms. The minimum absolute atomic E-state index is 0.0523. The van der Waals surface area contributed by atoms with E-state index in [0.717, 1.165) is 28.3 Å². The number of carbonyl (C=O) groups excluding carboxylic acids is 1. The van der Waals surface area contributed by atoms with Gasteiger partial charge in [0.15, 0.2) is 0 Å². The molecule has 0 aromatic heterocycles. The molecule has 5 rings (SSSR count). The Labute approximate surface area is 189 Å². The van der Waals surface area contributed by atoms with E-state index >= 15 is 0 Å². The van der Waals surface area contributed by atoms with Crippen LogP contribution in [0.1, 0.15) is 27.9 Å². The van der Waals surface area contributed by atoms with Crippen LogP contribution < -0.4 is 0 Å². The van der Waals surface area contributed by atoms with Crippen molar-refractivity contribution in [2.24, 2.45) is 23.7 Å². The lowest BCUT2D eigenvalue weighted by Crippen LogP contribution is -2.31. The number of aryl methyl sites for hydroxylation is 1. The van der Waals surface area contributed by atoms with Gasteiger partial charge in [-0.3, -0.25) is 4.79 Å². The molecule has 1 saturated heterocycles. The van der Waals surface area contributed by atoms with Gasteiger partial charge in [-0.15, -0.1) is 0 Å². The highest BCUT2D eigenvalue weighted by molar-refractivity contribution is 6.11. The number of rotatable bonds is 4. The fourth-order valence-electron chi connectivity index (χ4n) is 6.11. The molecule has 1 heterocycles. The van der Waals surface area contributed by atoms with Crippen LogP contribution in [0, 0.1) is 37.5 Å². The smallest absolute Gasteiger partial charge is 0.254 e. The fourth-order valence-corrected chi connectivity index (χ4v) is 6.11. The number of hydrogen-bond acceptors (Lipinski definition) is 3. The summed E-state index contributed by atoms with van der Waals surface area (Å²) in [5.74, 6) is 0.969. The van der Waals surface area contributed by atoms with E-state index in [9.17, 15) is 15.0 Å². The molecule has 0 bridgehead atoms. The third kappa shape index (κ3) is 3.33. The summed E-state index contributed by atoms with van der Waals surface area (Å²) in [6.07, 6.45) is 0.859. The zero-order valence-corrected chi connectivity index (χ0v) is 18.8. The minimum atomic E-state index is 0.0523. The largest absolute Gasteiger partial charge is 0.396 e. The first-order valence-corrected chi connectivity index (χ1v) is 11.6. The zero-order chi connectivity index (χ0) is 22.4. The van der Waals surface area contributed by atoms with Crippen LogP contribution in [-0.4, -0.2) is 47.3 Å². The topological polar surface area (TPSA) is 60.8 Å². The Morgan fingerprint density at radius 2 is 1.50 bits per heavy atom. The number of carbonyl (C=O) groups is 1. The Bertz CT molecular complexity index is 1150. The van der Waals surface area contributed by atoms with Crippen molar-refractivity contribution in [3.63, 3.8) is 0 Å². The summed E-state index contributed by atoms with van der Waals surface area (Å²) in [4.78, 5) is 15.6. The molecule has 166 valence electrons. The van der Waals surface area contributed by atoms with Gasteiger partial charge >= 0.3 is 0 Å². The van der Waals surface area contributed by atoms with Gasteiger partial charge in [0.2, 0.25) is 0 Å². The lowest BCUT2D eigenvalue weighted by atomic mass is 9.91. The number of hydrogen-bond donors (Lipinski definition) is 2. The van der Waals surface area contributed by atoms with Crippen LogP contribution in [0.15, 0.2) is 54.6 Å². The molecule has 1 aliphatic heterocycles. The van der Waals surface area contributed by atoms with Crippen LogP contribution in [0.3, 0.4) is 0 Å². The van der Waals surface area contributed by atoms with Gasteiger partial charge in [-0.2, -0.15) is 0 Å². The average Bonchev–Trinajstić information content (AvgIpc) is 3.39. The Hall–Kier alpha value is -2.69. The first-order chi connectivity index (χ1) is 15.5. The van der Waals surface area contributed by atoms with Gasteiger partial charge in [0.05, 0.1) is 0 Å². The second-order valence-electron chi connectivity index (χ2n) is 9.61. The fraction of sp³-hybridized carbons (Fsp3) is 0.393. The highest BCUT2D eigenvalue weighted by Crippen LogP contribution is 2.46. The van der Waals surface area contributed by atoms with Crippen molar-refractivity contribution in [3.05, 3.63) is 71.3 Å². The molecule has 4 atom stereocenters. The molecule has 4 heteroatoms. The van der Waals surface area contributed by atoms with Crippen LogP contribution >= 0.6 is 0 Å². The number of likely N-dealkylation sites (tertiary alicyclic amines) is 1. The standard InChI is InChI=1S/C28H31NO3/c1-17-6-5-9-21(18(17)2)24-10-11-25(23-8-4-3-7-22(23)24)28(32)29-13-26-19(15-30)12-20(16-31)27(26)14-29/h3-11,19-20,26-27,30-31H,12-16H2,1-2H3/t19-,20+,26+,27-.